The van der Waals surface area contributed by atoms with Crippen LogP contribution in [-0.2, 0) is 0 Å². The Labute approximate surface area is 117 Å². The Balaban J connectivity index is 2.34. The fourth-order valence-corrected chi connectivity index (χ4v) is 2.51. The van der Waals surface area contributed by atoms with E-state index in [2.05, 4.69) is 27.9 Å². The summed E-state index contributed by atoms with van der Waals surface area (Å²) in [7, 11) is 0. The van der Waals surface area contributed by atoms with Crippen LogP contribution >= 0.6 is 33.9 Å². The van der Waals surface area contributed by atoms with Crippen LogP contribution < -0.4 is 5.32 Å². The van der Waals surface area contributed by atoms with E-state index < -0.39 is 4.92 Å². The van der Waals surface area contributed by atoms with Crippen molar-refractivity contribution >= 4 is 44.8 Å². The number of nitrogens with one attached hydrogen (secondary N) is 1. The van der Waals surface area contributed by atoms with Gasteiger partial charge in [0.15, 0.2) is 0 Å². The number of carbonyl (C=O) groups is 1. The van der Waals surface area contributed by atoms with E-state index >= 15 is 0 Å². The van der Waals surface area contributed by atoms with E-state index in [1.54, 1.807) is 0 Å². The van der Waals surface area contributed by atoms with Gasteiger partial charge in [0, 0.05) is 12.6 Å². The molecular formula is C10H13IN2O3S. The monoisotopic (exact) mass is 368 g/mol. The molecule has 0 saturated heterocycles. The minimum absolute atomic E-state index is 0.0000573. The van der Waals surface area contributed by atoms with Crippen LogP contribution in [0.15, 0.2) is 12.1 Å². The number of alkyl halides is 1. The Hall–Kier alpha value is -0.700. The molecule has 1 amide bonds. The Morgan fingerprint density at radius 1 is 1.41 bits per heavy atom. The molecule has 0 unspecified atom stereocenters. The van der Waals surface area contributed by atoms with Crippen molar-refractivity contribution in [2.45, 2.75) is 19.3 Å². The van der Waals surface area contributed by atoms with E-state index in [9.17, 15) is 14.9 Å². The van der Waals surface area contributed by atoms with E-state index in [0.29, 0.717) is 11.4 Å². The summed E-state index contributed by atoms with van der Waals surface area (Å²) in [5.74, 6) is -0.224. The lowest BCUT2D eigenvalue weighted by molar-refractivity contribution is -0.380. The van der Waals surface area contributed by atoms with Gasteiger partial charge in [0.25, 0.3) is 5.91 Å². The predicted molar refractivity (Wildman–Crippen MR) is 76.0 cm³/mol. The van der Waals surface area contributed by atoms with Crippen molar-refractivity contribution < 1.29 is 9.72 Å². The van der Waals surface area contributed by atoms with Gasteiger partial charge in [-0.05, 0) is 23.3 Å². The third-order valence-electron chi connectivity index (χ3n) is 2.09. The zero-order valence-corrected chi connectivity index (χ0v) is 12.1. The summed E-state index contributed by atoms with van der Waals surface area (Å²) in [5, 5.41) is 13.2. The number of hydrogen-bond donors (Lipinski definition) is 1. The first kappa shape index (κ1) is 14.4. The number of thiophene rings is 1. The first-order valence-corrected chi connectivity index (χ1v) is 7.57. The second-order valence-electron chi connectivity index (χ2n) is 3.40. The zero-order valence-electron chi connectivity index (χ0n) is 9.15. The highest BCUT2D eigenvalue weighted by atomic mass is 127. The molecule has 0 saturated carbocycles. The fraction of sp³-hybridized carbons (Fsp3) is 0.500. The highest BCUT2D eigenvalue weighted by Crippen LogP contribution is 2.23. The van der Waals surface area contributed by atoms with Gasteiger partial charge < -0.3 is 5.32 Å². The first-order valence-electron chi connectivity index (χ1n) is 5.23. The Morgan fingerprint density at radius 3 is 2.76 bits per heavy atom. The van der Waals surface area contributed by atoms with E-state index in [0.717, 1.165) is 35.0 Å². The second-order valence-corrected chi connectivity index (χ2v) is 5.54. The molecule has 7 heteroatoms. The number of rotatable bonds is 7. The largest absolute Gasteiger partial charge is 0.351 e. The van der Waals surface area contributed by atoms with Crippen molar-refractivity contribution in [3.63, 3.8) is 0 Å². The summed E-state index contributed by atoms with van der Waals surface area (Å²) < 4.78 is 1.13. The quantitative estimate of drug-likeness (QED) is 0.264. The highest BCUT2D eigenvalue weighted by Gasteiger charge is 2.14. The molecule has 0 radical (unpaired) electrons. The summed E-state index contributed by atoms with van der Waals surface area (Å²) >= 11 is 3.23. The van der Waals surface area contributed by atoms with E-state index in [4.69, 9.17) is 0 Å². The minimum atomic E-state index is -0.484. The molecule has 17 heavy (non-hydrogen) atoms. The lowest BCUT2D eigenvalue weighted by Crippen LogP contribution is -2.23. The van der Waals surface area contributed by atoms with Crippen LogP contribution in [0.1, 0.15) is 28.9 Å². The Morgan fingerprint density at radius 2 is 2.18 bits per heavy atom. The first-order chi connectivity index (χ1) is 8.15. The molecule has 0 fully saturated rings. The molecule has 0 atom stereocenters. The average molecular weight is 368 g/mol. The molecule has 0 bridgehead atoms. The fourth-order valence-electron chi connectivity index (χ4n) is 1.23. The highest BCUT2D eigenvalue weighted by molar-refractivity contribution is 14.1. The van der Waals surface area contributed by atoms with Crippen LogP contribution in [0.3, 0.4) is 0 Å². The number of carbonyl (C=O) groups excluding carboxylic acids is 1. The minimum Gasteiger partial charge on any atom is -0.351 e. The summed E-state index contributed by atoms with van der Waals surface area (Å²) in [6, 6.07) is 2.85. The maximum absolute atomic E-state index is 11.6. The van der Waals surface area contributed by atoms with E-state index in [1.165, 1.54) is 12.1 Å². The van der Waals surface area contributed by atoms with Gasteiger partial charge in [0.2, 0.25) is 0 Å². The molecule has 94 valence electrons. The van der Waals surface area contributed by atoms with Gasteiger partial charge >= 0.3 is 5.00 Å². The van der Waals surface area contributed by atoms with Gasteiger partial charge in [-0.2, -0.15) is 0 Å². The van der Waals surface area contributed by atoms with Gasteiger partial charge in [-0.15, -0.1) is 0 Å². The smallest absolute Gasteiger partial charge is 0.324 e. The van der Waals surface area contributed by atoms with Gasteiger partial charge in [-0.1, -0.05) is 40.3 Å². The predicted octanol–water partition coefficient (Wildman–Crippen LogP) is 2.99. The van der Waals surface area contributed by atoms with Gasteiger partial charge in [-0.3, -0.25) is 14.9 Å². The molecule has 1 heterocycles. The summed E-state index contributed by atoms with van der Waals surface area (Å²) in [6.07, 6.45) is 3.19. The molecule has 0 aliphatic rings. The Kier molecular flexibility index (Phi) is 6.41. The van der Waals surface area contributed by atoms with Crippen molar-refractivity contribution in [2.24, 2.45) is 0 Å². The maximum Gasteiger partial charge on any atom is 0.324 e. The molecule has 5 nitrogen and oxygen atoms in total. The van der Waals surface area contributed by atoms with Crippen LogP contribution in [0.25, 0.3) is 0 Å². The van der Waals surface area contributed by atoms with Crippen LogP contribution in [0.2, 0.25) is 0 Å². The number of amides is 1. The number of halogens is 1. The standard InChI is InChI=1S/C10H13IN2O3S/c11-6-2-1-3-7-12-10(14)8-4-5-9(17-8)13(15)16/h4-5H,1-3,6-7H2,(H,12,14). The van der Waals surface area contributed by atoms with Gasteiger partial charge in [0.1, 0.15) is 0 Å². The van der Waals surface area contributed by atoms with Crippen LogP contribution in [0, 0.1) is 10.1 Å². The third kappa shape index (κ3) is 4.99. The van der Waals surface area contributed by atoms with Crippen LogP contribution in [0.4, 0.5) is 5.00 Å². The molecule has 0 aliphatic carbocycles. The second kappa shape index (κ2) is 7.59. The van der Waals surface area contributed by atoms with Crippen LogP contribution in [0.5, 0.6) is 0 Å². The lowest BCUT2D eigenvalue weighted by atomic mass is 10.2. The molecule has 0 spiro atoms. The number of hydrogen-bond acceptors (Lipinski definition) is 4. The zero-order chi connectivity index (χ0) is 12.7. The average Bonchev–Trinajstić information content (AvgIpc) is 2.78. The number of nitrogens with zero attached hydrogens (tertiary/aromatic N) is 1. The SMILES string of the molecule is O=C(NCCCCCI)c1ccc([N+](=O)[O-])s1. The van der Waals surface area contributed by atoms with E-state index in [-0.39, 0.29) is 10.9 Å². The Bertz CT molecular complexity index is 395. The third-order valence-corrected chi connectivity index (χ3v) is 3.89. The summed E-state index contributed by atoms with van der Waals surface area (Å²) in [6.45, 7) is 0.626. The normalized spacial score (nSPS) is 10.2. The molecule has 0 aliphatic heterocycles. The maximum atomic E-state index is 11.6. The molecule has 1 N–H and O–H groups in total. The number of unbranched alkanes of at least 4 members (excludes halogenated alkanes) is 2. The van der Waals surface area contributed by atoms with E-state index in [1.807, 2.05) is 0 Å². The molecule has 1 aromatic heterocycles. The topological polar surface area (TPSA) is 72.2 Å². The van der Waals surface area contributed by atoms with Crippen molar-refractivity contribution in [1.29, 1.82) is 0 Å². The summed E-state index contributed by atoms with van der Waals surface area (Å²) in [4.78, 5) is 22.0. The molecule has 0 aromatic carbocycles. The molecular weight excluding hydrogens is 355 g/mol. The summed E-state index contributed by atoms with van der Waals surface area (Å²) in [5.41, 5.74) is 0. The van der Waals surface area contributed by atoms with Gasteiger partial charge in [0.05, 0.1) is 9.80 Å². The lowest BCUT2D eigenvalue weighted by Gasteiger charge is -2.02. The molecule has 1 aromatic rings. The number of nitro groups is 1. The van der Waals surface area contributed by atoms with Crippen molar-refractivity contribution in [1.82, 2.24) is 5.32 Å². The van der Waals surface area contributed by atoms with Crippen LogP contribution in [-0.4, -0.2) is 21.8 Å². The van der Waals surface area contributed by atoms with Gasteiger partial charge in [-0.25, -0.2) is 0 Å². The van der Waals surface area contributed by atoms with Crippen molar-refractivity contribution in [3.05, 3.63) is 27.1 Å². The van der Waals surface area contributed by atoms with Crippen molar-refractivity contribution in [2.75, 3.05) is 11.0 Å². The van der Waals surface area contributed by atoms with Crippen molar-refractivity contribution in [3.8, 4) is 0 Å². The molecule has 1 rings (SSSR count).